The number of nitrogens with one attached hydrogen (secondary N) is 1. The third kappa shape index (κ3) is 3.65. The molecule has 1 aliphatic rings. The van der Waals surface area contributed by atoms with E-state index in [0.29, 0.717) is 30.4 Å². The number of sulfonamides is 1. The van der Waals surface area contributed by atoms with Crippen LogP contribution in [0, 0.1) is 5.92 Å². The van der Waals surface area contributed by atoms with Gasteiger partial charge in [0.25, 0.3) is 0 Å². The lowest BCUT2D eigenvalue weighted by Gasteiger charge is -2.19. The molecule has 2 rings (SSSR count). The monoisotopic (exact) mass is 310 g/mol. The Labute approximate surface area is 128 Å². The minimum absolute atomic E-state index is 0.454. The molecule has 1 aromatic rings. The van der Waals surface area contributed by atoms with E-state index in [9.17, 15) is 8.42 Å². The van der Waals surface area contributed by atoms with Gasteiger partial charge in [0, 0.05) is 19.6 Å². The summed E-state index contributed by atoms with van der Waals surface area (Å²) in [6.45, 7) is 9.03. The summed E-state index contributed by atoms with van der Waals surface area (Å²) >= 11 is 0. The molecular weight excluding hydrogens is 284 g/mol. The van der Waals surface area contributed by atoms with Crippen molar-refractivity contribution in [2.24, 2.45) is 5.92 Å². The molecule has 21 heavy (non-hydrogen) atoms. The molecule has 0 radical (unpaired) electrons. The van der Waals surface area contributed by atoms with Crippen molar-refractivity contribution in [2.75, 3.05) is 19.6 Å². The van der Waals surface area contributed by atoms with Crippen molar-refractivity contribution in [3.8, 4) is 0 Å². The second kappa shape index (κ2) is 6.90. The van der Waals surface area contributed by atoms with Gasteiger partial charge in [-0.05, 0) is 42.5 Å². The van der Waals surface area contributed by atoms with E-state index in [2.05, 4.69) is 12.2 Å². The third-order valence-corrected chi connectivity index (χ3v) is 6.04. The van der Waals surface area contributed by atoms with Gasteiger partial charge in [-0.1, -0.05) is 32.9 Å². The van der Waals surface area contributed by atoms with Gasteiger partial charge in [0.05, 0.1) is 4.90 Å². The summed E-state index contributed by atoms with van der Waals surface area (Å²) in [6.07, 6.45) is 1.69. The highest BCUT2D eigenvalue weighted by atomic mass is 32.2. The van der Waals surface area contributed by atoms with E-state index in [4.69, 9.17) is 0 Å². The number of rotatable bonds is 6. The van der Waals surface area contributed by atoms with Gasteiger partial charge in [-0.25, -0.2) is 8.42 Å². The Morgan fingerprint density at radius 2 is 2.10 bits per heavy atom. The van der Waals surface area contributed by atoms with Crippen LogP contribution in [0.5, 0.6) is 0 Å². The number of hydrogen-bond acceptors (Lipinski definition) is 3. The van der Waals surface area contributed by atoms with Crippen LogP contribution in [-0.2, 0) is 23.0 Å². The summed E-state index contributed by atoms with van der Waals surface area (Å²) in [7, 11) is -3.36. The summed E-state index contributed by atoms with van der Waals surface area (Å²) in [5.74, 6) is 0.454. The lowest BCUT2D eigenvalue weighted by molar-refractivity contribution is 0.463. The zero-order valence-corrected chi connectivity index (χ0v) is 14.0. The highest BCUT2D eigenvalue weighted by Gasteiger charge is 2.31. The van der Waals surface area contributed by atoms with Gasteiger partial charge in [0.15, 0.2) is 0 Å². The lowest BCUT2D eigenvalue weighted by atomic mass is 10.1. The molecular formula is C16H26N2O2S. The largest absolute Gasteiger partial charge is 0.313 e. The smallest absolute Gasteiger partial charge is 0.243 e. The molecule has 1 heterocycles. The average molecular weight is 310 g/mol. The Bertz CT molecular complexity index is 584. The van der Waals surface area contributed by atoms with Crippen LogP contribution in [0.25, 0.3) is 0 Å². The van der Waals surface area contributed by atoms with E-state index in [1.165, 1.54) is 0 Å². The summed E-state index contributed by atoms with van der Waals surface area (Å²) in [6, 6.07) is 5.83. The third-order valence-electron chi connectivity index (χ3n) is 4.10. The average Bonchev–Trinajstić information content (AvgIpc) is 2.92. The lowest BCUT2D eigenvalue weighted by Crippen LogP contribution is -2.29. The normalized spacial score (nSPS) is 20.0. The van der Waals surface area contributed by atoms with E-state index >= 15 is 0 Å². The first-order valence-electron chi connectivity index (χ1n) is 7.81. The molecule has 0 spiro atoms. The fourth-order valence-corrected chi connectivity index (χ4v) is 4.68. The highest BCUT2D eigenvalue weighted by molar-refractivity contribution is 7.89. The minimum atomic E-state index is -3.36. The van der Waals surface area contributed by atoms with Crippen LogP contribution in [0.3, 0.4) is 0 Å². The van der Waals surface area contributed by atoms with Crippen molar-refractivity contribution < 1.29 is 8.42 Å². The van der Waals surface area contributed by atoms with Gasteiger partial charge >= 0.3 is 0 Å². The van der Waals surface area contributed by atoms with Gasteiger partial charge < -0.3 is 5.32 Å². The van der Waals surface area contributed by atoms with Crippen LogP contribution < -0.4 is 5.32 Å². The van der Waals surface area contributed by atoms with Crippen LogP contribution in [0.2, 0.25) is 0 Å². The van der Waals surface area contributed by atoms with Gasteiger partial charge in [-0.3, -0.25) is 0 Å². The number of nitrogens with zero attached hydrogens (tertiary/aromatic N) is 1. The van der Waals surface area contributed by atoms with Gasteiger partial charge in [-0.15, -0.1) is 0 Å². The van der Waals surface area contributed by atoms with E-state index in [1.807, 2.05) is 32.0 Å². The van der Waals surface area contributed by atoms with Crippen LogP contribution in [0.1, 0.15) is 38.3 Å². The van der Waals surface area contributed by atoms with E-state index < -0.39 is 10.0 Å². The fraction of sp³-hybridized carbons (Fsp3) is 0.625. The number of hydrogen-bond donors (Lipinski definition) is 1. The van der Waals surface area contributed by atoms with E-state index in [-0.39, 0.29) is 0 Å². The van der Waals surface area contributed by atoms with Crippen molar-refractivity contribution in [1.29, 1.82) is 0 Å². The van der Waals surface area contributed by atoms with Crippen molar-refractivity contribution in [3.05, 3.63) is 29.3 Å². The first-order valence-corrected chi connectivity index (χ1v) is 9.25. The first-order chi connectivity index (χ1) is 9.98. The van der Waals surface area contributed by atoms with Gasteiger partial charge in [0.2, 0.25) is 10.0 Å². The molecule has 1 aliphatic heterocycles. The van der Waals surface area contributed by atoms with Crippen molar-refractivity contribution in [3.63, 3.8) is 0 Å². The molecule has 0 bridgehead atoms. The summed E-state index contributed by atoms with van der Waals surface area (Å²) in [4.78, 5) is 0.495. The minimum Gasteiger partial charge on any atom is -0.313 e. The van der Waals surface area contributed by atoms with Gasteiger partial charge in [-0.2, -0.15) is 4.31 Å². The predicted molar refractivity (Wildman–Crippen MR) is 85.7 cm³/mol. The molecule has 0 amide bonds. The summed E-state index contributed by atoms with van der Waals surface area (Å²) in [5.41, 5.74) is 1.94. The maximum atomic E-state index is 12.9. The first kappa shape index (κ1) is 16.5. The van der Waals surface area contributed by atoms with Crippen molar-refractivity contribution in [2.45, 2.75) is 45.1 Å². The summed E-state index contributed by atoms with van der Waals surface area (Å²) in [5, 5.41) is 3.25. The Morgan fingerprint density at radius 3 is 2.67 bits per heavy atom. The van der Waals surface area contributed by atoms with Gasteiger partial charge in [0.1, 0.15) is 0 Å². The van der Waals surface area contributed by atoms with Crippen molar-refractivity contribution in [1.82, 2.24) is 9.62 Å². The van der Waals surface area contributed by atoms with Crippen LogP contribution in [-0.4, -0.2) is 32.4 Å². The molecule has 0 aromatic heterocycles. The number of benzene rings is 1. The molecule has 0 aliphatic carbocycles. The van der Waals surface area contributed by atoms with Crippen molar-refractivity contribution >= 4 is 10.0 Å². The Balaban J connectivity index is 2.35. The van der Waals surface area contributed by atoms with Crippen LogP contribution in [0.4, 0.5) is 0 Å². The number of aryl methyl sites for hydroxylation is 1. The second-order valence-electron chi connectivity index (χ2n) is 5.83. The van der Waals surface area contributed by atoms with E-state index in [1.54, 1.807) is 4.31 Å². The van der Waals surface area contributed by atoms with Crippen LogP contribution in [0.15, 0.2) is 23.1 Å². The van der Waals surface area contributed by atoms with E-state index in [0.717, 1.165) is 30.5 Å². The fourth-order valence-electron chi connectivity index (χ4n) is 2.76. The zero-order chi connectivity index (χ0) is 15.5. The molecule has 1 N–H and O–H groups in total. The molecule has 118 valence electrons. The molecule has 5 heteroatoms. The maximum absolute atomic E-state index is 12.9. The quantitative estimate of drug-likeness (QED) is 0.878. The molecule has 1 saturated heterocycles. The summed E-state index contributed by atoms with van der Waals surface area (Å²) < 4.78 is 27.4. The molecule has 0 saturated carbocycles. The molecule has 1 unspecified atom stereocenters. The second-order valence-corrected chi connectivity index (χ2v) is 7.74. The Morgan fingerprint density at radius 1 is 1.33 bits per heavy atom. The predicted octanol–water partition coefficient (Wildman–Crippen LogP) is 2.39. The maximum Gasteiger partial charge on any atom is 0.243 e. The molecule has 1 aromatic carbocycles. The topological polar surface area (TPSA) is 49.4 Å². The zero-order valence-electron chi connectivity index (χ0n) is 13.2. The molecule has 1 atom stereocenters. The molecule has 1 fully saturated rings. The SMILES string of the molecule is CCNCc1ccc(CC)c(S(=O)(=O)N2CCC(C)C2)c1. The Hall–Kier alpha value is -0.910. The Kier molecular flexibility index (Phi) is 5.41. The highest BCUT2D eigenvalue weighted by Crippen LogP contribution is 2.27. The van der Waals surface area contributed by atoms with Crippen LogP contribution >= 0.6 is 0 Å². The standard InChI is InChI=1S/C16H26N2O2S/c1-4-15-7-6-14(11-17-5-2)10-16(15)21(19,20)18-9-8-13(3)12-18/h6-7,10,13,17H,4-5,8-9,11-12H2,1-3H3. The molecule has 4 nitrogen and oxygen atoms in total.